The van der Waals surface area contributed by atoms with Gasteiger partial charge in [0.15, 0.2) is 6.17 Å². The van der Waals surface area contributed by atoms with Gasteiger partial charge in [-0.3, -0.25) is 4.79 Å². The van der Waals surface area contributed by atoms with Crippen molar-refractivity contribution in [2.75, 3.05) is 18.9 Å². The first-order chi connectivity index (χ1) is 13.5. The third kappa shape index (κ3) is 2.92. The molecule has 0 saturated carbocycles. The van der Waals surface area contributed by atoms with E-state index in [0.717, 1.165) is 47.0 Å². The summed E-state index contributed by atoms with van der Waals surface area (Å²) in [5, 5.41) is 8.17. The van der Waals surface area contributed by atoms with Gasteiger partial charge in [-0.1, -0.05) is 23.7 Å². The molecule has 3 aromatic rings. The molecule has 1 unspecified atom stereocenters. The molecule has 5 rings (SSSR count). The lowest BCUT2D eigenvalue weighted by Crippen LogP contribution is -3.08. The van der Waals surface area contributed by atoms with Gasteiger partial charge in [-0.15, -0.1) is 11.3 Å². The number of hydrogen-bond donors (Lipinski definition) is 3. The lowest BCUT2D eigenvalue weighted by Gasteiger charge is -2.25. The first-order valence-electron chi connectivity index (χ1n) is 9.39. The molecule has 5 nitrogen and oxygen atoms in total. The number of amides is 1. The van der Waals surface area contributed by atoms with E-state index in [1.54, 1.807) is 11.3 Å². The minimum absolute atomic E-state index is 0.0212. The maximum atomic E-state index is 12.8. The topological polar surface area (TPSA) is 58.7 Å². The number of halogens is 1. The van der Waals surface area contributed by atoms with Crippen molar-refractivity contribution in [1.82, 2.24) is 5.32 Å². The molecular weight excluding hydrogens is 394 g/mol. The minimum atomic E-state index is -0.375. The van der Waals surface area contributed by atoms with Crippen LogP contribution in [0.25, 0.3) is 11.3 Å². The van der Waals surface area contributed by atoms with E-state index in [-0.39, 0.29) is 12.1 Å². The number of fused-ring (bicyclic) bond motifs is 3. The molecule has 7 heteroatoms. The number of furan rings is 1. The van der Waals surface area contributed by atoms with Gasteiger partial charge in [-0.2, -0.15) is 0 Å². The third-order valence-electron chi connectivity index (χ3n) is 5.50. The molecule has 2 aliphatic rings. The first-order valence-corrected chi connectivity index (χ1v) is 10.6. The predicted octanol–water partition coefficient (Wildman–Crippen LogP) is 3.39. The molecule has 144 valence electrons. The van der Waals surface area contributed by atoms with Crippen molar-refractivity contribution in [2.24, 2.45) is 0 Å². The van der Waals surface area contributed by atoms with Gasteiger partial charge in [0.05, 0.1) is 24.0 Å². The van der Waals surface area contributed by atoms with Gasteiger partial charge in [-0.05, 0) is 36.2 Å². The highest BCUT2D eigenvalue weighted by Crippen LogP contribution is 2.39. The van der Waals surface area contributed by atoms with E-state index in [4.69, 9.17) is 16.0 Å². The van der Waals surface area contributed by atoms with Crippen LogP contribution in [0.3, 0.4) is 0 Å². The number of aryl methyl sites for hydroxylation is 1. The number of carbonyl (C=O) groups is 1. The molecule has 4 heterocycles. The normalized spacial score (nSPS) is 20.9. The van der Waals surface area contributed by atoms with Crippen LogP contribution in [0.4, 0.5) is 5.00 Å². The van der Waals surface area contributed by atoms with E-state index in [1.165, 1.54) is 15.3 Å². The average Bonchev–Trinajstić information content (AvgIpc) is 3.28. The Balaban J connectivity index is 1.44. The highest BCUT2D eigenvalue weighted by atomic mass is 35.5. The second kappa shape index (κ2) is 6.65. The smallest absolute Gasteiger partial charge is 0.256 e. The Morgan fingerprint density at radius 3 is 2.93 bits per heavy atom. The Labute approximate surface area is 172 Å². The van der Waals surface area contributed by atoms with Crippen molar-refractivity contribution in [3.05, 3.63) is 62.7 Å². The van der Waals surface area contributed by atoms with E-state index in [9.17, 15) is 4.79 Å². The summed E-state index contributed by atoms with van der Waals surface area (Å²) >= 11 is 7.94. The molecule has 2 aliphatic heterocycles. The van der Waals surface area contributed by atoms with Crippen molar-refractivity contribution < 1.29 is 14.1 Å². The van der Waals surface area contributed by atoms with Crippen molar-refractivity contribution in [1.29, 1.82) is 0 Å². The van der Waals surface area contributed by atoms with Gasteiger partial charge in [0, 0.05) is 17.0 Å². The van der Waals surface area contributed by atoms with Crippen molar-refractivity contribution in [2.45, 2.75) is 26.1 Å². The van der Waals surface area contributed by atoms with Crippen LogP contribution in [0.5, 0.6) is 0 Å². The number of hydrogen-bond acceptors (Lipinski definition) is 4. The van der Waals surface area contributed by atoms with Crippen LogP contribution in [0, 0.1) is 6.92 Å². The van der Waals surface area contributed by atoms with E-state index in [2.05, 4.69) is 17.7 Å². The first kappa shape index (κ1) is 17.8. The van der Waals surface area contributed by atoms with Gasteiger partial charge >= 0.3 is 0 Å². The quantitative estimate of drug-likeness (QED) is 0.602. The van der Waals surface area contributed by atoms with E-state index >= 15 is 0 Å². The molecule has 2 atom stereocenters. The van der Waals surface area contributed by atoms with Crippen LogP contribution >= 0.6 is 22.9 Å². The summed E-state index contributed by atoms with van der Waals surface area (Å²) in [5.41, 5.74) is 3.98. The second-order valence-corrected chi connectivity index (χ2v) is 9.07. The maximum absolute atomic E-state index is 12.8. The van der Waals surface area contributed by atoms with Gasteiger partial charge in [0.25, 0.3) is 5.91 Å². The number of likely N-dealkylation sites (N-methyl/N-ethyl adjacent to an activating group) is 1. The Hall–Kier alpha value is -2.28. The highest BCUT2D eigenvalue weighted by molar-refractivity contribution is 7.16. The van der Waals surface area contributed by atoms with Crippen LogP contribution in [-0.4, -0.2) is 19.5 Å². The molecule has 0 saturated heterocycles. The lowest BCUT2D eigenvalue weighted by molar-refractivity contribution is -0.895. The zero-order valence-electron chi connectivity index (χ0n) is 15.7. The molecule has 0 aliphatic carbocycles. The van der Waals surface area contributed by atoms with Crippen molar-refractivity contribution >= 4 is 33.8 Å². The van der Waals surface area contributed by atoms with E-state index in [0.29, 0.717) is 10.8 Å². The third-order valence-corrected chi connectivity index (χ3v) is 7.07. The van der Waals surface area contributed by atoms with E-state index < -0.39 is 0 Å². The molecule has 1 amide bonds. The standard InChI is InChI=1S/C21H20ClN3O2S/c1-11-3-4-12(9-14(11)22)15-5-6-16(27-15)19-23-20(26)18-13-7-8-25(2)10-17(13)28-21(18)24-19/h3-6,9,19,24H,7-8,10H2,1-2H3,(H,23,26)/p+1/t19-/m1/s1. The summed E-state index contributed by atoms with van der Waals surface area (Å²) in [6, 6.07) is 9.68. The zero-order chi connectivity index (χ0) is 19.4. The molecule has 0 spiro atoms. The van der Waals surface area contributed by atoms with Gasteiger partial charge in [0.2, 0.25) is 0 Å². The average molecular weight is 415 g/mol. The number of quaternary nitrogens is 1. The largest absolute Gasteiger partial charge is 0.457 e. The second-order valence-electron chi connectivity index (χ2n) is 7.56. The SMILES string of the molecule is Cc1ccc(-c2ccc([C@@H]3NC(=O)c4c(sc5c4CC[NH+](C)C5)N3)o2)cc1Cl. The van der Waals surface area contributed by atoms with Gasteiger partial charge < -0.3 is 20.0 Å². The van der Waals surface area contributed by atoms with Crippen LogP contribution < -0.4 is 15.5 Å². The maximum Gasteiger partial charge on any atom is 0.256 e. The summed E-state index contributed by atoms with van der Waals surface area (Å²) in [6.07, 6.45) is 0.575. The highest BCUT2D eigenvalue weighted by Gasteiger charge is 2.34. The number of anilines is 1. The minimum Gasteiger partial charge on any atom is -0.457 e. The number of benzene rings is 1. The molecular formula is C21H21ClN3O2S+. The molecule has 0 bridgehead atoms. The van der Waals surface area contributed by atoms with Crippen LogP contribution in [0.2, 0.25) is 5.02 Å². The van der Waals surface area contributed by atoms with Crippen LogP contribution in [0.1, 0.15) is 38.3 Å². The summed E-state index contributed by atoms with van der Waals surface area (Å²) in [4.78, 5) is 15.6. The Morgan fingerprint density at radius 2 is 2.11 bits per heavy atom. The molecule has 2 aromatic heterocycles. The summed E-state index contributed by atoms with van der Waals surface area (Å²) < 4.78 is 6.05. The number of thiophene rings is 1. The molecule has 1 aromatic carbocycles. The zero-order valence-corrected chi connectivity index (χ0v) is 17.3. The summed E-state index contributed by atoms with van der Waals surface area (Å²) in [5.74, 6) is 1.39. The predicted molar refractivity (Wildman–Crippen MR) is 111 cm³/mol. The van der Waals surface area contributed by atoms with Gasteiger partial charge in [0.1, 0.15) is 23.1 Å². The van der Waals surface area contributed by atoms with Crippen LogP contribution in [-0.2, 0) is 13.0 Å². The summed E-state index contributed by atoms with van der Waals surface area (Å²) in [7, 11) is 2.19. The Kier molecular flexibility index (Phi) is 4.23. The fourth-order valence-corrected chi connectivity index (χ4v) is 5.45. The molecule has 0 radical (unpaired) electrons. The van der Waals surface area contributed by atoms with Crippen molar-refractivity contribution in [3.63, 3.8) is 0 Å². The van der Waals surface area contributed by atoms with Crippen molar-refractivity contribution in [3.8, 4) is 11.3 Å². The number of carbonyl (C=O) groups excluding carboxylic acids is 1. The Bertz CT molecular complexity index is 1090. The van der Waals surface area contributed by atoms with Crippen LogP contribution in [0.15, 0.2) is 34.7 Å². The molecule has 28 heavy (non-hydrogen) atoms. The Morgan fingerprint density at radius 1 is 1.25 bits per heavy atom. The number of rotatable bonds is 2. The monoisotopic (exact) mass is 414 g/mol. The molecule has 3 N–H and O–H groups in total. The fraction of sp³-hybridized carbons (Fsp3) is 0.286. The van der Waals surface area contributed by atoms with E-state index in [1.807, 2.05) is 37.3 Å². The lowest BCUT2D eigenvalue weighted by atomic mass is 10.0. The van der Waals surface area contributed by atoms with Gasteiger partial charge in [-0.25, -0.2) is 0 Å². The summed E-state index contributed by atoms with van der Waals surface area (Å²) in [6.45, 7) is 4.01. The molecule has 0 fully saturated rings. The fourth-order valence-electron chi connectivity index (χ4n) is 3.88. The number of nitrogens with one attached hydrogen (secondary N) is 3.